The lowest BCUT2D eigenvalue weighted by Crippen LogP contribution is -2.29. The lowest BCUT2D eigenvalue weighted by atomic mass is 10.2. The molecular weight excluding hydrogens is 241 g/mol. The molecule has 1 N–H and O–H groups in total. The molecule has 0 aliphatic carbocycles. The van der Waals surface area contributed by atoms with Crippen LogP contribution in [0, 0.1) is 11.6 Å². The van der Waals surface area contributed by atoms with Crippen LogP contribution in [0.4, 0.5) is 8.78 Å². The van der Waals surface area contributed by atoms with Crippen molar-refractivity contribution in [3.8, 4) is 11.5 Å². The van der Waals surface area contributed by atoms with Crippen LogP contribution >= 0.6 is 0 Å². The fourth-order valence-corrected chi connectivity index (χ4v) is 1.28. The van der Waals surface area contributed by atoms with Gasteiger partial charge in [0.15, 0.2) is 0 Å². The first kappa shape index (κ1) is 12.4. The molecule has 3 nitrogen and oxygen atoms in total. The van der Waals surface area contributed by atoms with Gasteiger partial charge in [-0.2, -0.15) is 0 Å². The fraction of sp³-hybridized carbons (Fsp3) is 0. The van der Waals surface area contributed by atoms with Crippen molar-refractivity contribution < 1.29 is 23.1 Å². The van der Waals surface area contributed by atoms with Crippen LogP contribution in [0.15, 0.2) is 48.5 Å². The molecule has 0 unspecified atom stereocenters. The van der Waals surface area contributed by atoms with E-state index in [9.17, 15) is 13.8 Å². The summed E-state index contributed by atoms with van der Waals surface area (Å²) >= 11 is 0. The van der Waals surface area contributed by atoms with Crippen LogP contribution in [0.25, 0.3) is 0 Å². The highest BCUT2D eigenvalue weighted by molar-refractivity contribution is 6.36. The number of rotatable bonds is 4. The predicted octanol–water partition coefficient (Wildman–Crippen LogP) is 2.40. The molecule has 0 saturated heterocycles. The average Bonchev–Trinajstić information content (AvgIpc) is 2.35. The van der Waals surface area contributed by atoms with E-state index in [0.29, 0.717) is 0 Å². The van der Waals surface area contributed by atoms with Crippen molar-refractivity contribution in [3.63, 3.8) is 0 Å². The lowest BCUT2D eigenvalue weighted by molar-refractivity contribution is 0.297. The van der Waals surface area contributed by atoms with E-state index in [1.165, 1.54) is 48.5 Å². The molecular formula is C12H9BF2O3. The Hall–Kier alpha value is -2.08. The van der Waals surface area contributed by atoms with Gasteiger partial charge in [0, 0.05) is 0 Å². The second-order valence-corrected chi connectivity index (χ2v) is 3.45. The standard InChI is InChI=1S/C12H9BF2O3/c14-9-1-5-11(6-2-9)17-13(16)18-12-7-3-10(15)4-8-12/h1-8,16H. The van der Waals surface area contributed by atoms with Crippen LogP contribution in [-0.2, 0) is 0 Å². The van der Waals surface area contributed by atoms with Crippen LogP contribution in [0.2, 0.25) is 0 Å². The molecule has 18 heavy (non-hydrogen) atoms. The van der Waals surface area contributed by atoms with E-state index in [0.717, 1.165) is 0 Å². The van der Waals surface area contributed by atoms with Gasteiger partial charge in [-0.15, -0.1) is 0 Å². The summed E-state index contributed by atoms with van der Waals surface area (Å²) in [6.07, 6.45) is 0. The third-order valence-corrected chi connectivity index (χ3v) is 2.10. The molecule has 0 bridgehead atoms. The second-order valence-electron chi connectivity index (χ2n) is 3.45. The molecule has 0 heterocycles. The van der Waals surface area contributed by atoms with E-state index in [1.54, 1.807) is 0 Å². The molecule has 0 saturated carbocycles. The van der Waals surface area contributed by atoms with Gasteiger partial charge in [0.25, 0.3) is 0 Å². The van der Waals surface area contributed by atoms with E-state index in [4.69, 9.17) is 9.31 Å². The Labute approximate surface area is 103 Å². The first-order valence-electron chi connectivity index (χ1n) is 5.16. The molecule has 92 valence electrons. The molecule has 0 aliphatic rings. The minimum Gasteiger partial charge on any atom is -0.501 e. The molecule has 0 fully saturated rings. The average molecular weight is 250 g/mol. The van der Waals surface area contributed by atoms with E-state index in [-0.39, 0.29) is 11.5 Å². The summed E-state index contributed by atoms with van der Waals surface area (Å²) in [4.78, 5) is 0. The summed E-state index contributed by atoms with van der Waals surface area (Å²) in [6.45, 7) is 0. The monoisotopic (exact) mass is 250 g/mol. The number of hydrogen-bond acceptors (Lipinski definition) is 3. The van der Waals surface area contributed by atoms with Crippen LogP contribution in [-0.4, -0.2) is 12.3 Å². The summed E-state index contributed by atoms with van der Waals surface area (Å²) in [5.41, 5.74) is 0. The van der Waals surface area contributed by atoms with Crippen molar-refractivity contribution in [2.45, 2.75) is 0 Å². The Kier molecular flexibility index (Phi) is 3.79. The van der Waals surface area contributed by atoms with E-state index >= 15 is 0 Å². The molecule has 0 aromatic heterocycles. The maximum Gasteiger partial charge on any atom is 0.785 e. The topological polar surface area (TPSA) is 38.7 Å². The van der Waals surface area contributed by atoms with Crippen LogP contribution in [0.3, 0.4) is 0 Å². The molecule has 0 aliphatic heterocycles. The minimum atomic E-state index is -1.55. The Morgan fingerprint density at radius 1 is 0.722 bits per heavy atom. The largest absolute Gasteiger partial charge is 0.785 e. The maximum atomic E-state index is 12.6. The van der Waals surface area contributed by atoms with Gasteiger partial charge in [-0.05, 0) is 48.5 Å². The van der Waals surface area contributed by atoms with Crippen molar-refractivity contribution in [3.05, 3.63) is 60.2 Å². The van der Waals surface area contributed by atoms with Crippen molar-refractivity contribution in [1.82, 2.24) is 0 Å². The highest BCUT2D eigenvalue weighted by Gasteiger charge is 2.21. The van der Waals surface area contributed by atoms with Gasteiger partial charge in [-0.3, -0.25) is 0 Å². The molecule has 2 aromatic carbocycles. The van der Waals surface area contributed by atoms with Crippen molar-refractivity contribution >= 4 is 7.32 Å². The third kappa shape index (κ3) is 3.46. The summed E-state index contributed by atoms with van der Waals surface area (Å²) in [5, 5.41) is 9.46. The second kappa shape index (κ2) is 5.51. The van der Waals surface area contributed by atoms with Crippen molar-refractivity contribution in [2.24, 2.45) is 0 Å². The Balaban J connectivity index is 1.94. The molecule has 6 heteroatoms. The summed E-state index contributed by atoms with van der Waals surface area (Å²) in [5.74, 6) is -0.301. The first-order valence-corrected chi connectivity index (χ1v) is 5.16. The molecule has 0 amide bonds. The van der Waals surface area contributed by atoms with Gasteiger partial charge in [0.2, 0.25) is 0 Å². The number of hydrogen-bond donors (Lipinski definition) is 1. The molecule has 0 radical (unpaired) electrons. The van der Waals surface area contributed by atoms with Gasteiger partial charge < -0.3 is 14.3 Å². The molecule has 0 atom stereocenters. The highest BCUT2D eigenvalue weighted by Crippen LogP contribution is 2.15. The van der Waals surface area contributed by atoms with Gasteiger partial charge in [0.05, 0.1) is 0 Å². The van der Waals surface area contributed by atoms with Gasteiger partial charge in [0.1, 0.15) is 23.1 Å². The lowest BCUT2D eigenvalue weighted by Gasteiger charge is -2.10. The van der Waals surface area contributed by atoms with Crippen molar-refractivity contribution in [2.75, 3.05) is 0 Å². The Morgan fingerprint density at radius 3 is 1.39 bits per heavy atom. The molecule has 2 aromatic rings. The van der Waals surface area contributed by atoms with Crippen LogP contribution < -0.4 is 9.31 Å². The Morgan fingerprint density at radius 2 is 1.06 bits per heavy atom. The fourth-order valence-electron chi connectivity index (χ4n) is 1.28. The zero-order chi connectivity index (χ0) is 13.0. The number of halogens is 2. The summed E-state index contributed by atoms with van der Waals surface area (Å²) in [7, 11) is -1.55. The first-order chi connectivity index (χ1) is 8.63. The quantitative estimate of drug-likeness (QED) is 0.846. The van der Waals surface area contributed by atoms with E-state index in [2.05, 4.69) is 0 Å². The normalized spacial score (nSPS) is 9.94. The van der Waals surface area contributed by atoms with E-state index < -0.39 is 19.0 Å². The smallest absolute Gasteiger partial charge is 0.501 e. The third-order valence-electron chi connectivity index (χ3n) is 2.10. The summed E-state index contributed by atoms with van der Waals surface area (Å²) in [6, 6.07) is 10.2. The highest BCUT2D eigenvalue weighted by atomic mass is 19.1. The minimum absolute atomic E-state index is 0.256. The van der Waals surface area contributed by atoms with Crippen LogP contribution in [0.1, 0.15) is 0 Å². The zero-order valence-corrected chi connectivity index (χ0v) is 9.22. The molecule has 0 spiro atoms. The van der Waals surface area contributed by atoms with E-state index in [1.807, 2.05) is 0 Å². The number of benzene rings is 2. The van der Waals surface area contributed by atoms with Crippen LogP contribution in [0.5, 0.6) is 11.5 Å². The Bertz CT molecular complexity index is 454. The SMILES string of the molecule is OB(Oc1ccc(F)cc1)Oc1ccc(F)cc1. The van der Waals surface area contributed by atoms with Gasteiger partial charge in [-0.25, -0.2) is 8.78 Å². The van der Waals surface area contributed by atoms with Gasteiger partial charge >= 0.3 is 7.32 Å². The molecule has 2 rings (SSSR count). The zero-order valence-electron chi connectivity index (χ0n) is 9.22. The summed E-state index contributed by atoms with van der Waals surface area (Å²) < 4.78 is 35.2. The predicted molar refractivity (Wildman–Crippen MR) is 62.0 cm³/mol. The van der Waals surface area contributed by atoms with Crippen molar-refractivity contribution in [1.29, 1.82) is 0 Å². The maximum absolute atomic E-state index is 12.6. The van der Waals surface area contributed by atoms with Gasteiger partial charge in [-0.1, -0.05) is 0 Å².